The van der Waals surface area contributed by atoms with E-state index >= 15 is 0 Å². The zero-order valence-corrected chi connectivity index (χ0v) is 9.98. The Labute approximate surface area is 102 Å². The SMILES string of the molecule is OCCN1C=[N+](Cc2ccccc2)CC1.[Cl-]. The molecule has 0 spiro atoms. The fourth-order valence-corrected chi connectivity index (χ4v) is 1.84. The lowest BCUT2D eigenvalue weighted by Crippen LogP contribution is -3.00. The number of aliphatic hydroxyl groups excluding tert-OH is 1. The van der Waals surface area contributed by atoms with Crippen LogP contribution in [0, 0.1) is 0 Å². The quantitative estimate of drug-likeness (QED) is 0.591. The molecule has 1 aromatic carbocycles. The predicted molar refractivity (Wildman–Crippen MR) is 60.0 cm³/mol. The molecule has 0 aliphatic carbocycles. The Morgan fingerprint density at radius 3 is 2.69 bits per heavy atom. The van der Waals surface area contributed by atoms with E-state index in [-0.39, 0.29) is 19.0 Å². The van der Waals surface area contributed by atoms with Gasteiger partial charge < -0.3 is 17.5 Å². The Balaban J connectivity index is 0.00000128. The lowest BCUT2D eigenvalue weighted by atomic mass is 10.2. The van der Waals surface area contributed by atoms with Crippen LogP contribution in [0.3, 0.4) is 0 Å². The standard InChI is InChI=1S/C12H17N2O.ClH/c15-9-8-13-6-7-14(11-13)10-12-4-2-1-3-5-12;/h1-5,11,15H,6-10H2;1H/q+1;/p-1. The van der Waals surface area contributed by atoms with Crippen LogP contribution in [0.5, 0.6) is 0 Å². The van der Waals surface area contributed by atoms with Gasteiger partial charge in [0.1, 0.15) is 26.2 Å². The van der Waals surface area contributed by atoms with E-state index < -0.39 is 0 Å². The molecule has 88 valence electrons. The lowest BCUT2D eigenvalue weighted by Gasteiger charge is -2.01. The molecule has 1 aromatic rings. The number of nitrogens with zero attached hydrogens (tertiary/aromatic N) is 2. The number of aliphatic hydroxyl groups is 1. The van der Waals surface area contributed by atoms with Crippen molar-refractivity contribution in [3.63, 3.8) is 0 Å². The van der Waals surface area contributed by atoms with Gasteiger partial charge in [-0.05, 0) is 5.56 Å². The van der Waals surface area contributed by atoms with Gasteiger partial charge in [0, 0.05) is 0 Å². The maximum atomic E-state index is 8.82. The average molecular weight is 241 g/mol. The fraction of sp³-hybridized carbons (Fsp3) is 0.417. The second kappa shape index (κ2) is 6.51. The number of β-amino-alcohol motifs (C(OH)–C–C–N with tert-alkyl or cyclic N) is 1. The largest absolute Gasteiger partial charge is 1.00 e. The van der Waals surface area contributed by atoms with E-state index in [0.717, 1.165) is 26.2 Å². The topological polar surface area (TPSA) is 26.5 Å². The fourth-order valence-electron chi connectivity index (χ4n) is 1.84. The van der Waals surface area contributed by atoms with Gasteiger partial charge >= 0.3 is 0 Å². The number of benzene rings is 1. The Hall–Kier alpha value is -1.06. The van der Waals surface area contributed by atoms with Crippen molar-refractivity contribution in [2.75, 3.05) is 26.2 Å². The van der Waals surface area contributed by atoms with Crippen LogP contribution in [-0.2, 0) is 6.54 Å². The molecule has 0 atom stereocenters. The van der Waals surface area contributed by atoms with Gasteiger partial charge in [-0.3, -0.25) is 9.48 Å². The van der Waals surface area contributed by atoms with Crippen LogP contribution in [0.1, 0.15) is 5.56 Å². The monoisotopic (exact) mass is 240 g/mol. The van der Waals surface area contributed by atoms with Crippen molar-refractivity contribution >= 4 is 6.34 Å². The minimum atomic E-state index is 0. The summed E-state index contributed by atoms with van der Waals surface area (Å²) in [6.07, 6.45) is 2.11. The van der Waals surface area contributed by atoms with E-state index in [0.29, 0.717) is 0 Å². The first-order chi connectivity index (χ1) is 7.38. The first-order valence-electron chi connectivity index (χ1n) is 5.36. The van der Waals surface area contributed by atoms with Crippen LogP contribution < -0.4 is 12.4 Å². The summed E-state index contributed by atoms with van der Waals surface area (Å²) in [7, 11) is 0. The van der Waals surface area contributed by atoms with E-state index in [9.17, 15) is 0 Å². The van der Waals surface area contributed by atoms with Gasteiger partial charge in [-0.15, -0.1) is 0 Å². The molecule has 0 saturated carbocycles. The van der Waals surface area contributed by atoms with Crippen molar-refractivity contribution in [2.45, 2.75) is 6.54 Å². The van der Waals surface area contributed by atoms with Crippen LogP contribution in [-0.4, -0.2) is 47.2 Å². The summed E-state index contributed by atoms with van der Waals surface area (Å²) < 4.78 is 2.28. The molecule has 16 heavy (non-hydrogen) atoms. The summed E-state index contributed by atoms with van der Waals surface area (Å²) in [5, 5.41) is 8.82. The van der Waals surface area contributed by atoms with Gasteiger partial charge in [-0.1, -0.05) is 30.3 Å². The Bertz CT molecular complexity index is 340. The zero-order chi connectivity index (χ0) is 10.5. The maximum absolute atomic E-state index is 8.82. The minimum Gasteiger partial charge on any atom is -1.00 e. The number of rotatable bonds is 4. The van der Waals surface area contributed by atoms with Gasteiger partial charge in [0.15, 0.2) is 0 Å². The molecule has 1 heterocycles. The summed E-state index contributed by atoms with van der Waals surface area (Å²) in [5.41, 5.74) is 1.33. The molecule has 0 fully saturated rings. The van der Waals surface area contributed by atoms with Gasteiger partial charge in [0.25, 0.3) is 0 Å². The zero-order valence-electron chi connectivity index (χ0n) is 9.22. The van der Waals surface area contributed by atoms with Crippen molar-refractivity contribution < 1.29 is 22.1 Å². The maximum Gasteiger partial charge on any atom is 0.234 e. The van der Waals surface area contributed by atoms with Crippen LogP contribution in [0.4, 0.5) is 0 Å². The summed E-state index contributed by atoms with van der Waals surface area (Å²) >= 11 is 0. The van der Waals surface area contributed by atoms with Crippen LogP contribution in [0.2, 0.25) is 0 Å². The molecular weight excluding hydrogens is 224 g/mol. The molecule has 1 aliphatic heterocycles. The van der Waals surface area contributed by atoms with Crippen molar-refractivity contribution in [1.29, 1.82) is 0 Å². The minimum absolute atomic E-state index is 0. The highest BCUT2D eigenvalue weighted by Crippen LogP contribution is 2.03. The Morgan fingerprint density at radius 2 is 2.00 bits per heavy atom. The van der Waals surface area contributed by atoms with E-state index in [1.807, 2.05) is 6.07 Å². The van der Waals surface area contributed by atoms with Crippen molar-refractivity contribution in [3.8, 4) is 0 Å². The number of hydrogen-bond acceptors (Lipinski definition) is 2. The van der Waals surface area contributed by atoms with Crippen LogP contribution >= 0.6 is 0 Å². The van der Waals surface area contributed by atoms with E-state index in [1.54, 1.807) is 0 Å². The molecule has 4 heteroatoms. The highest BCUT2D eigenvalue weighted by Gasteiger charge is 2.17. The first kappa shape index (κ1) is 13.0. The first-order valence-corrected chi connectivity index (χ1v) is 5.36. The molecule has 0 radical (unpaired) electrons. The molecule has 1 N–H and O–H groups in total. The van der Waals surface area contributed by atoms with E-state index in [2.05, 4.69) is 40.1 Å². The van der Waals surface area contributed by atoms with E-state index in [1.165, 1.54) is 5.56 Å². The van der Waals surface area contributed by atoms with Gasteiger partial charge in [0.05, 0.1) is 6.61 Å². The molecule has 0 aromatic heterocycles. The third kappa shape index (κ3) is 3.51. The third-order valence-corrected chi connectivity index (χ3v) is 2.62. The van der Waals surface area contributed by atoms with Gasteiger partial charge in [-0.2, -0.15) is 0 Å². The number of halogens is 1. The third-order valence-electron chi connectivity index (χ3n) is 2.62. The smallest absolute Gasteiger partial charge is 0.234 e. The lowest BCUT2D eigenvalue weighted by molar-refractivity contribution is -0.530. The molecule has 2 rings (SSSR count). The van der Waals surface area contributed by atoms with E-state index in [4.69, 9.17) is 5.11 Å². The molecule has 1 aliphatic rings. The Morgan fingerprint density at radius 1 is 1.25 bits per heavy atom. The summed E-state index contributed by atoms with van der Waals surface area (Å²) in [5.74, 6) is 0. The van der Waals surface area contributed by atoms with Crippen molar-refractivity contribution in [3.05, 3.63) is 35.9 Å². The highest BCUT2D eigenvalue weighted by atomic mass is 35.5. The van der Waals surface area contributed by atoms with Crippen LogP contribution in [0.15, 0.2) is 30.3 Å². The molecule has 3 nitrogen and oxygen atoms in total. The molecule has 0 saturated heterocycles. The highest BCUT2D eigenvalue weighted by molar-refractivity contribution is 5.50. The van der Waals surface area contributed by atoms with Gasteiger partial charge in [-0.25, -0.2) is 0 Å². The molecule has 0 bridgehead atoms. The Kier molecular flexibility index (Phi) is 5.29. The van der Waals surface area contributed by atoms with Crippen molar-refractivity contribution in [2.24, 2.45) is 0 Å². The molecular formula is C12H17ClN2O. The molecule has 0 unspecified atom stereocenters. The average Bonchev–Trinajstić information content (AvgIpc) is 2.68. The second-order valence-electron chi connectivity index (χ2n) is 3.83. The van der Waals surface area contributed by atoms with Crippen molar-refractivity contribution in [1.82, 2.24) is 4.90 Å². The predicted octanol–water partition coefficient (Wildman–Crippen LogP) is -2.46. The van der Waals surface area contributed by atoms with Crippen LogP contribution in [0.25, 0.3) is 0 Å². The van der Waals surface area contributed by atoms with Gasteiger partial charge in [0.2, 0.25) is 6.34 Å². The summed E-state index contributed by atoms with van der Waals surface area (Å²) in [6, 6.07) is 10.5. The summed E-state index contributed by atoms with van der Waals surface area (Å²) in [4.78, 5) is 2.16. The second-order valence-corrected chi connectivity index (χ2v) is 3.83. The molecule has 0 amide bonds. The summed E-state index contributed by atoms with van der Waals surface area (Å²) in [6.45, 7) is 4.01. The number of hydrogen-bond donors (Lipinski definition) is 1. The normalized spacial score (nSPS) is 14.6.